The van der Waals surface area contributed by atoms with Gasteiger partial charge in [0.05, 0.1) is 0 Å². The van der Waals surface area contributed by atoms with E-state index in [9.17, 15) is 0 Å². The molecule has 80 heavy (non-hydrogen) atoms. The summed E-state index contributed by atoms with van der Waals surface area (Å²) in [6.45, 7) is 0. The second-order valence-corrected chi connectivity index (χ2v) is 42.7. The molecule has 0 saturated heterocycles. The Hall–Kier alpha value is -3.17. The molecule has 12 rings (SSSR count). The van der Waals surface area contributed by atoms with Crippen LogP contribution >= 0.6 is 0 Å². The van der Waals surface area contributed by atoms with Gasteiger partial charge in [0.2, 0.25) is 0 Å². The van der Waals surface area contributed by atoms with E-state index in [2.05, 4.69) is 364 Å². The fourth-order valence-electron chi connectivity index (χ4n) is 8.71. The van der Waals surface area contributed by atoms with Gasteiger partial charge in [-0.2, -0.15) is 0 Å². The molecule has 0 spiro atoms. The monoisotopic (exact) mass is 1920 g/mol. The Morgan fingerprint density at radius 1 is 0.100 bits per heavy atom. The topological polar surface area (TPSA) is 0 Å². The third-order valence-corrected chi connectivity index (χ3v) is 40.1. The molecule has 0 aromatic heterocycles. The van der Waals surface area contributed by atoms with Crippen LogP contribution < -0.4 is 138 Å². The van der Waals surface area contributed by atoms with Crippen LogP contribution in [0.4, 0.5) is 0 Å². The normalized spacial score (nSPS) is 10.1. The van der Waals surface area contributed by atoms with Crippen molar-refractivity contribution in [3.63, 3.8) is 0 Å². The van der Waals surface area contributed by atoms with Gasteiger partial charge in [-0.3, -0.25) is 0 Å². The van der Waals surface area contributed by atoms with Crippen LogP contribution in [0.25, 0.3) is 0 Å². The van der Waals surface area contributed by atoms with Crippen LogP contribution in [0.1, 0.15) is 0 Å². The van der Waals surface area contributed by atoms with Crippen molar-refractivity contribution in [1.29, 1.82) is 0 Å². The zero-order valence-corrected chi connectivity index (χ0v) is 62.8. The minimum absolute atomic E-state index is 0. The Labute approximate surface area is 573 Å². The van der Waals surface area contributed by atoms with E-state index >= 15 is 0 Å². The Morgan fingerprint density at radius 3 is 0.225 bits per heavy atom. The standard InChI is InChI=1S/12C6H5.4HI.4Sb/c12*1-2-4-6-5-3-1;;;;;;;;/h12*1-5H;4*1H;;;;/p-4. The third kappa shape index (κ3) is 20.6. The molecule has 0 nitrogen and oxygen atoms in total. The second-order valence-electron chi connectivity index (χ2n) is 17.4. The van der Waals surface area contributed by atoms with Gasteiger partial charge in [-0.1, -0.05) is 0 Å². The van der Waals surface area contributed by atoms with Crippen LogP contribution in [0.5, 0.6) is 0 Å². The Morgan fingerprint density at radius 2 is 0.163 bits per heavy atom. The van der Waals surface area contributed by atoms with E-state index in [1.165, 1.54) is 42.1 Å². The number of halogens is 4. The van der Waals surface area contributed by atoms with Crippen molar-refractivity contribution in [2.75, 3.05) is 0 Å². The summed E-state index contributed by atoms with van der Waals surface area (Å²) in [4.78, 5) is 0. The zero-order chi connectivity index (χ0) is 51.7. The third-order valence-electron chi connectivity index (χ3n) is 12.2. The fraction of sp³-hybridized carbons (Fsp3) is 0. The Kier molecular flexibility index (Phi) is 32.7. The SMILES string of the molecule is [I-].[I-].[I-].[I-].c1cc[c]([Sb]([c]2ccccc2)[c]2ccccc2)cc1.c1cc[c]([Sb]([c]2ccccc2)[c]2ccccc2)cc1.c1cc[c]([Sb]([c]2ccccc2)[c]2ccccc2)cc1.c1cc[c]([Sb]([c]2ccccc2)[c]2ccccc2)cc1. The van der Waals surface area contributed by atoms with Gasteiger partial charge in [-0.15, -0.1) is 0 Å². The van der Waals surface area contributed by atoms with Crippen molar-refractivity contribution < 1.29 is 95.9 Å². The first-order valence-electron chi connectivity index (χ1n) is 25.6. The second kappa shape index (κ2) is 38.6. The summed E-state index contributed by atoms with van der Waals surface area (Å²) in [6.07, 6.45) is 0. The zero-order valence-electron chi connectivity index (χ0n) is 43.9. The molecule has 0 fully saturated rings. The molecule has 400 valence electrons. The van der Waals surface area contributed by atoms with Crippen LogP contribution in [0.2, 0.25) is 0 Å². The summed E-state index contributed by atoms with van der Waals surface area (Å²) in [5.41, 5.74) is 0. The Bertz CT molecular complexity index is 2590. The maximum absolute atomic E-state index is 2.28. The Balaban J connectivity index is 0.000000193. The maximum atomic E-state index is 2.28. The first-order valence-corrected chi connectivity index (χ1v) is 40.9. The van der Waals surface area contributed by atoms with Gasteiger partial charge >= 0.3 is 487 Å². The molecular weight excluding hydrogens is 1860 g/mol. The van der Waals surface area contributed by atoms with Gasteiger partial charge in [-0.25, -0.2) is 0 Å². The van der Waals surface area contributed by atoms with Crippen LogP contribution in [-0.2, 0) is 0 Å². The predicted octanol–water partition coefficient (Wildman–Crippen LogP) is -3.17. The number of hydrogen-bond acceptors (Lipinski definition) is 0. The summed E-state index contributed by atoms with van der Waals surface area (Å²) >= 11 is -7.31. The molecule has 12 aromatic carbocycles. The number of hydrogen-bond donors (Lipinski definition) is 0. The summed E-state index contributed by atoms with van der Waals surface area (Å²) < 4.78 is 18.2. The molecule has 0 radical (unpaired) electrons. The molecule has 0 aliphatic heterocycles. The number of benzene rings is 12. The van der Waals surface area contributed by atoms with Gasteiger partial charge in [-0.05, 0) is 0 Å². The average molecular weight is 1920 g/mol. The first-order chi connectivity index (χ1) is 37.8. The van der Waals surface area contributed by atoms with E-state index in [1.54, 1.807) is 0 Å². The predicted molar refractivity (Wildman–Crippen MR) is 336 cm³/mol. The average Bonchev–Trinajstić information content (AvgIpc) is 3.52. The quantitative estimate of drug-likeness (QED) is 0.0897. The van der Waals surface area contributed by atoms with Crippen molar-refractivity contribution in [3.8, 4) is 0 Å². The first kappa shape index (κ1) is 67.6. The summed E-state index contributed by atoms with van der Waals surface area (Å²) in [6, 6.07) is 132. The van der Waals surface area contributed by atoms with Crippen molar-refractivity contribution in [2.45, 2.75) is 0 Å². The van der Waals surface area contributed by atoms with Crippen molar-refractivity contribution >= 4 is 123 Å². The van der Waals surface area contributed by atoms with Gasteiger partial charge in [0.1, 0.15) is 0 Å². The van der Waals surface area contributed by atoms with Gasteiger partial charge < -0.3 is 95.9 Å². The van der Waals surface area contributed by atoms with Crippen molar-refractivity contribution in [3.05, 3.63) is 364 Å². The molecule has 0 N–H and O–H groups in total. The minimum atomic E-state index is -1.83. The summed E-state index contributed by atoms with van der Waals surface area (Å²) in [5, 5.41) is 0. The van der Waals surface area contributed by atoms with E-state index in [4.69, 9.17) is 0 Å². The van der Waals surface area contributed by atoms with E-state index < -0.39 is 80.8 Å². The van der Waals surface area contributed by atoms with Gasteiger partial charge in [0, 0.05) is 0 Å². The molecule has 0 aliphatic carbocycles. The number of rotatable bonds is 12. The molecular formula is C72H60I4Sb4-4. The molecule has 0 atom stereocenters. The van der Waals surface area contributed by atoms with E-state index in [1.807, 2.05) is 0 Å². The van der Waals surface area contributed by atoms with Crippen molar-refractivity contribution in [1.82, 2.24) is 0 Å². The van der Waals surface area contributed by atoms with E-state index in [0.717, 1.165) is 0 Å². The molecule has 0 heterocycles. The molecule has 12 aromatic rings. The fourth-order valence-corrected chi connectivity index (χ4v) is 35.0. The van der Waals surface area contributed by atoms with Crippen LogP contribution in [0.3, 0.4) is 0 Å². The van der Waals surface area contributed by atoms with E-state index in [0.29, 0.717) is 0 Å². The van der Waals surface area contributed by atoms with Gasteiger partial charge in [0.15, 0.2) is 0 Å². The van der Waals surface area contributed by atoms with Crippen molar-refractivity contribution in [2.24, 2.45) is 0 Å². The van der Waals surface area contributed by atoms with Crippen LogP contribution in [-0.4, -0.2) is 80.8 Å². The van der Waals surface area contributed by atoms with Crippen LogP contribution in [0, 0.1) is 0 Å². The molecule has 0 unspecified atom stereocenters. The summed E-state index contributed by atoms with van der Waals surface area (Å²) in [7, 11) is 0. The molecule has 8 heteroatoms. The summed E-state index contributed by atoms with van der Waals surface area (Å²) in [5.74, 6) is 0. The molecule has 0 saturated carbocycles. The molecule has 0 bridgehead atoms. The van der Waals surface area contributed by atoms with Gasteiger partial charge in [0.25, 0.3) is 0 Å². The molecule has 0 aliphatic rings. The van der Waals surface area contributed by atoms with E-state index in [-0.39, 0.29) is 95.9 Å². The van der Waals surface area contributed by atoms with Crippen LogP contribution in [0.15, 0.2) is 364 Å². The molecule has 0 amide bonds.